The van der Waals surface area contributed by atoms with E-state index in [0.717, 1.165) is 6.20 Å². The third kappa shape index (κ3) is 3.66. The van der Waals surface area contributed by atoms with Crippen LogP contribution in [0.1, 0.15) is 13.2 Å². The van der Waals surface area contributed by atoms with E-state index in [1.165, 1.54) is 13.2 Å². The number of alkyl halides is 2. The van der Waals surface area contributed by atoms with Gasteiger partial charge in [-0.05, 0) is 13.0 Å². The van der Waals surface area contributed by atoms with Gasteiger partial charge in [0.25, 0.3) is 0 Å². The van der Waals surface area contributed by atoms with Gasteiger partial charge in [-0.2, -0.15) is 13.8 Å². The Morgan fingerprint density at radius 1 is 1.65 bits per heavy atom. The fourth-order valence-electron chi connectivity index (χ4n) is 2.37. The van der Waals surface area contributed by atoms with Gasteiger partial charge in [-0.1, -0.05) is 0 Å². The summed E-state index contributed by atoms with van der Waals surface area (Å²) in [5.41, 5.74) is 4.36. The molecule has 10 heteroatoms. The number of hydrogen-bond acceptors (Lipinski definition) is 7. The maximum Gasteiger partial charge on any atom is 0.351 e. The Morgan fingerprint density at radius 2 is 2.35 bits per heavy atom. The summed E-state index contributed by atoms with van der Waals surface area (Å²) >= 11 is 0. The number of anilines is 1. The summed E-state index contributed by atoms with van der Waals surface area (Å²) in [6.45, 7) is 2.16. The van der Waals surface area contributed by atoms with E-state index >= 15 is 0 Å². The molecule has 0 bridgehead atoms. The number of nitrogens with zero attached hydrogens (tertiary/aromatic N) is 2. The van der Waals surface area contributed by atoms with Gasteiger partial charge in [-0.3, -0.25) is 4.57 Å². The largest absolute Gasteiger partial charge is 0.384 e. The molecule has 0 aliphatic carbocycles. The topological polar surface area (TPSA) is 112 Å². The van der Waals surface area contributed by atoms with E-state index < -0.39 is 30.0 Å². The van der Waals surface area contributed by atoms with Crippen LogP contribution in [0.3, 0.4) is 0 Å². The number of halogens is 2. The van der Waals surface area contributed by atoms with Crippen LogP contribution in [0, 0.1) is 0 Å². The molecule has 1 fully saturated rings. The first-order valence-electron chi connectivity index (χ1n) is 7.05. The van der Waals surface area contributed by atoms with E-state index in [1.807, 2.05) is 0 Å². The first kappa shape index (κ1) is 17.7. The molecule has 0 spiro atoms. The van der Waals surface area contributed by atoms with Crippen molar-refractivity contribution in [2.45, 2.75) is 37.3 Å². The van der Waals surface area contributed by atoms with Gasteiger partial charge in [-0.15, -0.1) is 0 Å². The van der Waals surface area contributed by atoms with Crippen LogP contribution in [-0.2, 0) is 9.47 Å². The third-order valence-electron chi connectivity index (χ3n) is 3.57. The number of nitrogens with two attached hydrogens (primary N) is 1. The highest BCUT2D eigenvalue weighted by molar-refractivity contribution is 5.23. The molecule has 4 atom stereocenters. The monoisotopic (exact) mass is 334 g/mol. The van der Waals surface area contributed by atoms with Gasteiger partial charge >= 0.3 is 11.6 Å². The summed E-state index contributed by atoms with van der Waals surface area (Å²) in [7, 11) is 1.52. The van der Waals surface area contributed by atoms with Crippen molar-refractivity contribution in [3.63, 3.8) is 0 Å². The van der Waals surface area contributed by atoms with Crippen LogP contribution < -0.4 is 16.7 Å². The third-order valence-corrected chi connectivity index (χ3v) is 3.57. The average Bonchev–Trinajstić information content (AvgIpc) is 2.69. The van der Waals surface area contributed by atoms with E-state index in [1.54, 1.807) is 6.92 Å². The smallest absolute Gasteiger partial charge is 0.351 e. The van der Waals surface area contributed by atoms with Crippen LogP contribution in [0.5, 0.6) is 0 Å². The van der Waals surface area contributed by atoms with Crippen molar-refractivity contribution in [2.75, 3.05) is 26.0 Å². The molecule has 2 heterocycles. The van der Waals surface area contributed by atoms with E-state index in [0.29, 0.717) is 11.2 Å². The predicted octanol–water partition coefficient (Wildman–Crippen LogP) is -0.656. The first-order chi connectivity index (χ1) is 10.8. The molecule has 130 valence electrons. The lowest BCUT2D eigenvalue weighted by atomic mass is 10.1. The van der Waals surface area contributed by atoms with Crippen LogP contribution in [-0.4, -0.2) is 59.1 Å². The van der Waals surface area contributed by atoms with Gasteiger partial charge in [0.15, 0.2) is 0 Å². The summed E-state index contributed by atoms with van der Waals surface area (Å²) in [5, 5.41) is 12.8. The van der Waals surface area contributed by atoms with Crippen molar-refractivity contribution < 1.29 is 23.4 Å². The highest BCUT2D eigenvalue weighted by Crippen LogP contribution is 2.41. The minimum atomic E-state index is -3.64. The lowest BCUT2D eigenvalue weighted by molar-refractivity contribution is -0.140. The minimum absolute atomic E-state index is 0.0189. The standard InChI is InChI=1S/C13H20F2N4O4/c1-7(6-22-2)17-5-8-10(20)13(14,15)11(23-8)19-4-3-9(16)18-12(19)21/h3-4,7-8,10-11,17,20H,5-6H2,1-2H3,(H2,16,18,21)/t7?,8-,10-,11-/m1/s1. The lowest BCUT2D eigenvalue weighted by Gasteiger charge is -2.21. The highest BCUT2D eigenvalue weighted by atomic mass is 19.3. The number of rotatable bonds is 6. The molecule has 23 heavy (non-hydrogen) atoms. The fourth-order valence-corrected chi connectivity index (χ4v) is 2.37. The second-order valence-electron chi connectivity index (χ2n) is 5.45. The van der Waals surface area contributed by atoms with Crippen LogP contribution in [0.2, 0.25) is 0 Å². The zero-order valence-corrected chi connectivity index (χ0v) is 12.8. The lowest BCUT2D eigenvalue weighted by Crippen LogP contribution is -2.44. The van der Waals surface area contributed by atoms with E-state index in [2.05, 4.69) is 10.3 Å². The number of aliphatic hydroxyl groups excluding tert-OH is 1. The number of methoxy groups -OCH3 is 1. The van der Waals surface area contributed by atoms with Crippen molar-refractivity contribution in [1.29, 1.82) is 0 Å². The molecule has 1 aliphatic rings. The maximum absolute atomic E-state index is 14.2. The molecule has 1 unspecified atom stereocenters. The SMILES string of the molecule is COCC(C)NC[C@H]1O[C@@H](n2ccc(N)nc2=O)C(F)(F)[C@@H]1O. The summed E-state index contributed by atoms with van der Waals surface area (Å²) in [5.74, 6) is -3.72. The Balaban J connectivity index is 2.14. The molecular weight excluding hydrogens is 314 g/mol. The summed E-state index contributed by atoms with van der Waals surface area (Å²) in [4.78, 5) is 15.1. The quantitative estimate of drug-likeness (QED) is 0.633. The number of nitrogen functional groups attached to an aromatic ring is 1. The first-order valence-corrected chi connectivity index (χ1v) is 7.05. The Labute approximate surface area is 131 Å². The van der Waals surface area contributed by atoms with Gasteiger partial charge < -0.3 is 25.6 Å². The van der Waals surface area contributed by atoms with Gasteiger partial charge in [0, 0.05) is 25.9 Å². The maximum atomic E-state index is 14.2. The van der Waals surface area contributed by atoms with Crippen molar-refractivity contribution in [1.82, 2.24) is 14.9 Å². The molecule has 0 radical (unpaired) electrons. The minimum Gasteiger partial charge on any atom is -0.384 e. The van der Waals surface area contributed by atoms with Crippen LogP contribution in [0.4, 0.5) is 14.6 Å². The second-order valence-corrected chi connectivity index (χ2v) is 5.45. The molecule has 1 aromatic heterocycles. The number of nitrogens with one attached hydrogen (secondary N) is 1. The molecule has 0 saturated carbocycles. The van der Waals surface area contributed by atoms with E-state index in [-0.39, 0.29) is 18.4 Å². The molecular formula is C13H20F2N4O4. The highest BCUT2D eigenvalue weighted by Gasteiger charge is 2.59. The summed E-state index contributed by atoms with van der Waals surface area (Å²) in [6, 6.07) is 1.10. The average molecular weight is 334 g/mol. The van der Waals surface area contributed by atoms with E-state index in [4.69, 9.17) is 15.2 Å². The number of aliphatic hydroxyl groups is 1. The van der Waals surface area contributed by atoms with Gasteiger partial charge in [0.1, 0.15) is 18.0 Å². The van der Waals surface area contributed by atoms with Crippen molar-refractivity contribution >= 4 is 5.82 Å². The molecule has 1 aliphatic heterocycles. The Morgan fingerprint density at radius 3 is 2.96 bits per heavy atom. The Bertz CT molecular complexity index is 598. The molecule has 1 aromatic rings. The molecule has 8 nitrogen and oxygen atoms in total. The van der Waals surface area contributed by atoms with Crippen LogP contribution >= 0.6 is 0 Å². The Hall–Kier alpha value is -1.62. The van der Waals surface area contributed by atoms with Crippen LogP contribution in [0.25, 0.3) is 0 Å². The zero-order chi connectivity index (χ0) is 17.2. The van der Waals surface area contributed by atoms with Gasteiger partial charge in [0.2, 0.25) is 6.23 Å². The zero-order valence-electron chi connectivity index (χ0n) is 12.8. The normalized spacial score (nSPS) is 28.0. The number of ether oxygens (including phenoxy) is 2. The predicted molar refractivity (Wildman–Crippen MR) is 77.1 cm³/mol. The number of aromatic nitrogens is 2. The summed E-state index contributed by atoms with van der Waals surface area (Å²) in [6.07, 6.45) is -4.11. The molecule has 1 saturated heterocycles. The van der Waals surface area contributed by atoms with Gasteiger partial charge in [-0.25, -0.2) is 4.79 Å². The van der Waals surface area contributed by atoms with Crippen molar-refractivity contribution in [3.8, 4) is 0 Å². The second kappa shape index (κ2) is 6.87. The molecule has 4 N–H and O–H groups in total. The van der Waals surface area contributed by atoms with E-state index in [9.17, 15) is 18.7 Å². The van der Waals surface area contributed by atoms with Gasteiger partial charge in [0.05, 0.1) is 6.61 Å². The van der Waals surface area contributed by atoms with Crippen molar-refractivity contribution in [2.24, 2.45) is 0 Å². The summed E-state index contributed by atoms with van der Waals surface area (Å²) < 4.78 is 39.2. The molecule has 2 rings (SSSR count). The van der Waals surface area contributed by atoms with Crippen molar-refractivity contribution in [3.05, 3.63) is 22.7 Å². The molecule has 0 amide bonds. The Kier molecular flexibility index (Phi) is 5.30. The fraction of sp³-hybridized carbons (Fsp3) is 0.692. The molecule has 0 aromatic carbocycles. The number of hydrogen-bond donors (Lipinski definition) is 3. The van der Waals surface area contributed by atoms with Crippen LogP contribution in [0.15, 0.2) is 17.1 Å².